The highest BCUT2D eigenvalue weighted by atomic mass is 16.5. The summed E-state index contributed by atoms with van der Waals surface area (Å²) in [5.41, 5.74) is 1.86. The van der Waals surface area contributed by atoms with Gasteiger partial charge in [0.1, 0.15) is 5.76 Å². The fourth-order valence-corrected chi connectivity index (χ4v) is 9.43. The zero-order chi connectivity index (χ0) is 40.4. The lowest BCUT2D eigenvalue weighted by molar-refractivity contribution is -0.157. The molecule has 2 saturated carbocycles. The number of cyclic esters (lactones) is 1. The average molecular weight is 774 g/mol. The summed E-state index contributed by atoms with van der Waals surface area (Å²) in [6, 6.07) is 5.59. The zero-order valence-corrected chi connectivity index (χ0v) is 33.6. The van der Waals surface area contributed by atoms with Crippen LogP contribution in [-0.2, 0) is 23.9 Å². The highest BCUT2D eigenvalue weighted by Gasteiger charge is 2.60. The molecular weight excluding hydrogens is 715 g/mol. The van der Waals surface area contributed by atoms with Gasteiger partial charge in [-0.05, 0) is 86.6 Å². The molecule has 9 atom stereocenters. The number of benzene rings is 1. The number of morpholine rings is 1. The van der Waals surface area contributed by atoms with Gasteiger partial charge in [-0.3, -0.25) is 25.5 Å². The van der Waals surface area contributed by atoms with Gasteiger partial charge in [0.05, 0.1) is 50.1 Å². The number of ether oxygens (including phenoxy) is 2. The van der Waals surface area contributed by atoms with E-state index in [-0.39, 0.29) is 42.3 Å². The van der Waals surface area contributed by atoms with Gasteiger partial charge in [0.2, 0.25) is 17.8 Å². The lowest BCUT2D eigenvalue weighted by atomic mass is 9.45. The smallest absolute Gasteiger partial charge is 0.341 e. The van der Waals surface area contributed by atoms with Gasteiger partial charge in [-0.1, -0.05) is 38.1 Å². The van der Waals surface area contributed by atoms with Gasteiger partial charge in [-0.25, -0.2) is 14.8 Å². The van der Waals surface area contributed by atoms with Crippen molar-refractivity contribution in [3.63, 3.8) is 0 Å². The van der Waals surface area contributed by atoms with Crippen molar-refractivity contribution in [3.8, 4) is 0 Å². The molecule has 6 rings (SSSR count). The molecule has 1 aromatic carbocycles. The number of fused-ring (bicyclic) bond motifs is 1. The maximum atomic E-state index is 13.8. The highest BCUT2D eigenvalue weighted by molar-refractivity contribution is 6.04. The van der Waals surface area contributed by atoms with Crippen molar-refractivity contribution in [1.82, 2.24) is 20.9 Å². The number of aliphatic hydroxyl groups is 2. The van der Waals surface area contributed by atoms with E-state index in [2.05, 4.69) is 39.4 Å². The standard InChI is InChI=1S/C42H59N7O7/c1-25-32(41(4)13-12-36(51)42(5,24-50)35(41)23-33(25)46-27(3)38(53)49-16-18-55-19-17-49)22-34(45-26(2)37(52)47-40-43-14-15-44-40)31-21-30(56-39(31)54)20-28-8-10-29(11-9-28)48(6)7/h8-11,14,20-21,26-27,32-36,45-46,50-51H,1,12-13,15-19,22-24H2,2-7H3,(H,44,47,52)/b30-20+/t26?,27?,32?,33?,34?,35?,36-,41-,42+/m1/s1. The van der Waals surface area contributed by atoms with Gasteiger partial charge < -0.3 is 29.5 Å². The van der Waals surface area contributed by atoms with E-state index in [0.29, 0.717) is 69.9 Å². The van der Waals surface area contributed by atoms with Crippen LogP contribution in [-0.4, -0.2) is 129 Å². The summed E-state index contributed by atoms with van der Waals surface area (Å²) >= 11 is 0. The number of guanidine groups is 1. The summed E-state index contributed by atoms with van der Waals surface area (Å²) in [5.74, 6) is -0.711. The average Bonchev–Trinajstić information content (AvgIpc) is 3.84. The number of anilines is 1. The predicted octanol–water partition coefficient (Wildman–Crippen LogP) is 2.43. The first-order valence-corrected chi connectivity index (χ1v) is 19.8. The van der Waals surface area contributed by atoms with E-state index in [1.54, 1.807) is 19.2 Å². The Morgan fingerprint density at radius 1 is 1.14 bits per heavy atom. The van der Waals surface area contributed by atoms with Gasteiger partial charge in [0.25, 0.3) is 0 Å². The number of hydrogen-bond acceptors (Lipinski definition) is 12. The third kappa shape index (κ3) is 8.54. The van der Waals surface area contributed by atoms with Crippen LogP contribution in [0.1, 0.15) is 58.9 Å². The van der Waals surface area contributed by atoms with Crippen molar-refractivity contribution in [2.24, 2.45) is 32.7 Å². The van der Waals surface area contributed by atoms with Crippen LogP contribution in [0.2, 0.25) is 0 Å². The van der Waals surface area contributed by atoms with Crippen LogP contribution in [0.5, 0.6) is 0 Å². The monoisotopic (exact) mass is 773 g/mol. The predicted molar refractivity (Wildman–Crippen MR) is 216 cm³/mol. The van der Waals surface area contributed by atoms with Crippen molar-refractivity contribution in [2.45, 2.75) is 83.6 Å². The van der Waals surface area contributed by atoms with Crippen LogP contribution in [0.15, 0.2) is 63.8 Å². The number of esters is 1. The number of amides is 2. The minimum Gasteiger partial charge on any atom is -0.423 e. The molecule has 5 aliphatic rings. The van der Waals surface area contributed by atoms with E-state index in [9.17, 15) is 24.6 Å². The molecule has 2 amide bonds. The largest absolute Gasteiger partial charge is 0.423 e. The fourth-order valence-electron chi connectivity index (χ4n) is 9.43. The lowest BCUT2D eigenvalue weighted by Gasteiger charge is -2.62. The van der Waals surface area contributed by atoms with E-state index in [0.717, 1.165) is 16.8 Å². The number of carbonyl (C=O) groups excluding carboxylic acids is 3. The first-order valence-electron chi connectivity index (χ1n) is 19.8. The number of hydrogen-bond donors (Lipinski definition) is 5. The number of aliphatic imine (C=N–C) groups is 2. The minimum absolute atomic E-state index is 0.0234. The van der Waals surface area contributed by atoms with Gasteiger partial charge in [-0.2, -0.15) is 0 Å². The van der Waals surface area contributed by atoms with E-state index in [4.69, 9.17) is 9.47 Å². The molecular formula is C42H59N7O7. The first kappa shape index (κ1) is 41.4. The van der Waals surface area contributed by atoms with E-state index >= 15 is 0 Å². The second-order valence-electron chi connectivity index (χ2n) is 16.7. The Hall–Kier alpha value is -4.21. The molecule has 56 heavy (non-hydrogen) atoms. The molecule has 1 saturated heterocycles. The van der Waals surface area contributed by atoms with E-state index < -0.39 is 41.0 Å². The minimum atomic E-state index is -0.828. The van der Waals surface area contributed by atoms with Gasteiger partial charge in [-0.15, -0.1) is 0 Å². The van der Waals surface area contributed by atoms with Crippen molar-refractivity contribution in [2.75, 3.05) is 58.5 Å². The van der Waals surface area contributed by atoms with E-state index in [1.807, 2.05) is 68.1 Å². The Morgan fingerprint density at radius 2 is 1.86 bits per heavy atom. The maximum Gasteiger partial charge on any atom is 0.341 e. The molecule has 0 bridgehead atoms. The summed E-state index contributed by atoms with van der Waals surface area (Å²) < 4.78 is 11.3. The van der Waals surface area contributed by atoms with Gasteiger partial charge in [0, 0.05) is 56.6 Å². The third-order valence-electron chi connectivity index (χ3n) is 12.9. The number of allylic oxidation sites excluding steroid dienone is 1. The van der Waals surface area contributed by atoms with Crippen LogP contribution in [0.4, 0.5) is 5.69 Å². The normalized spacial score (nSPS) is 31.3. The molecule has 5 N–H and O–H groups in total. The summed E-state index contributed by atoms with van der Waals surface area (Å²) in [6.45, 7) is 14.6. The molecule has 304 valence electrons. The molecule has 1 aromatic rings. The van der Waals surface area contributed by atoms with Crippen LogP contribution >= 0.6 is 0 Å². The Labute approximate surface area is 330 Å². The van der Waals surface area contributed by atoms with Gasteiger partial charge >= 0.3 is 5.97 Å². The number of aliphatic hydroxyl groups excluding tert-OH is 2. The van der Waals surface area contributed by atoms with E-state index in [1.165, 1.54) is 0 Å². The lowest BCUT2D eigenvalue weighted by Crippen LogP contribution is -2.63. The van der Waals surface area contributed by atoms with Crippen LogP contribution in [0, 0.1) is 22.7 Å². The molecule has 0 spiro atoms. The molecule has 14 heteroatoms. The van der Waals surface area contributed by atoms with Crippen molar-refractivity contribution in [1.29, 1.82) is 0 Å². The van der Waals surface area contributed by atoms with Crippen LogP contribution in [0.25, 0.3) is 6.08 Å². The van der Waals surface area contributed by atoms with Crippen molar-refractivity contribution in [3.05, 3.63) is 59.4 Å². The molecule has 2 aliphatic carbocycles. The Kier molecular flexibility index (Phi) is 12.7. The second kappa shape index (κ2) is 17.1. The first-order chi connectivity index (χ1) is 26.6. The Morgan fingerprint density at radius 3 is 2.50 bits per heavy atom. The number of nitrogens with one attached hydrogen (secondary N) is 3. The molecule has 0 aromatic heterocycles. The number of carbonyl (C=O) groups is 3. The van der Waals surface area contributed by atoms with Crippen molar-refractivity contribution < 1.29 is 34.1 Å². The zero-order valence-electron chi connectivity index (χ0n) is 33.6. The maximum absolute atomic E-state index is 13.8. The topological polar surface area (TPSA) is 177 Å². The second-order valence-corrected chi connectivity index (χ2v) is 16.7. The van der Waals surface area contributed by atoms with Crippen molar-refractivity contribution >= 4 is 41.7 Å². The summed E-state index contributed by atoms with van der Waals surface area (Å²) in [6.07, 6.45) is 6.50. The number of nitrogens with zero attached hydrogens (tertiary/aromatic N) is 4. The molecule has 3 heterocycles. The molecule has 3 aliphatic heterocycles. The van der Waals surface area contributed by atoms with Crippen LogP contribution in [0.3, 0.4) is 0 Å². The quantitative estimate of drug-likeness (QED) is 0.157. The highest BCUT2D eigenvalue weighted by Crippen LogP contribution is 2.62. The Balaban J connectivity index is 1.35. The van der Waals surface area contributed by atoms with Gasteiger partial charge in [0.15, 0.2) is 0 Å². The number of rotatable bonds is 12. The summed E-state index contributed by atoms with van der Waals surface area (Å²) in [7, 11) is 3.94. The van der Waals surface area contributed by atoms with Crippen LogP contribution < -0.4 is 20.9 Å². The fraction of sp³-hybridized carbons (Fsp3) is 0.595. The summed E-state index contributed by atoms with van der Waals surface area (Å²) in [5, 5.41) is 32.1. The molecule has 6 unspecified atom stereocenters. The molecule has 14 nitrogen and oxygen atoms in total. The third-order valence-corrected chi connectivity index (χ3v) is 12.9. The SMILES string of the molecule is C=C1C(NC(C)C(=O)N2CCOCC2)CC2[C@](C)(CC[C@@H](O)[C@@]2(C)CO)C1CC(NC(C)C(=O)NC1=NCC=N1)C1=C/C(=C\c2ccc(N(C)C)cc2)OC1=O. The Bertz CT molecular complexity index is 1780. The summed E-state index contributed by atoms with van der Waals surface area (Å²) in [4.78, 5) is 53.1. The molecule has 0 radical (unpaired) electrons. The molecule has 3 fully saturated rings.